The van der Waals surface area contributed by atoms with Crippen molar-refractivity contribution < 1.29 is 9.59 Å². The van der Waals surface area contributed by atoms with E-state index in [0.29, 0.717) is 13.1 Å². The van der Waals surface area contributed by atoms with Crippen LogP contribution in [0.1, 0.15) is 19.4 Å². The first kappa shape index (κ1) is 15.0. The maximum Gasteiger partial charge on any atom is 0.312 e. The molecule has 1 atom stereocenters. The lowest BCUT2D eigenvalue weighted by atomic mass is 9.84. The zero-order valence-corrected chi connectivity index (χ0v) is 13.2. The number of carbonyl (C=O) groups is 2. The Bertz CT molecular complexity index is 571. The van der Waals surface area contributed by atoms with Crippen molar-refractivity contribution in [3.05, 3.63) is 35.9 Å². The molecule has 118 valence electrons. The third kappa shape index (κ3) is 2.86. The molecule has 1 aromatic rings. The van der Waals surface area contributed by atoms with E-state index in [9.17, 15) is 9.59 Å². The van der Waals surface area contributed by atoms with Gasteiger partial charge in [0.1, 0.15) is 0 Å². The Morgan fingerprint density at radius 3 is 2.64 bits per heavy atom. The smallest absolute Gasteiger partial charge is 0.312 e. The van der Waals surface area contributed by atoms with E-state index in [1.54, 1.807) is 4.90 Å². The van der Waals surface area contributed by atoms with Gasteiger partial charge in [-0.3, -0.25) is 14.5 Å². The van der Waals surface area contributed by atoms with Crippen LogP contribution in [0.15, 0.2) is 30.3 Å². The maximum absolute atomic E-state index is 11.9. The van der Waals surface area contributed by atoms with E-state index < -0.39 is 5.91 Å². The molecule has 0 aromatic heterocycles. The highest BCUT2D eigenvalue weighted by molar-refractivity contribution is 6.35. The monoisotopic (exact) mass is 301 g/mol. The van der Waals surface area contributed by atoms with Gasteiger partial charge in [0.25, 0.3) is 0 Å². The van der Waals surface area contributed by atoms with Crippen molar-refractivity contribution in [2.24, 2.45) is 0 Å². The Balaban J connectivity index is 1.66. The Morgan fingerprint density at radius 1 is 1.18 bits per heavy atom. The molecule has 0 unspecified atom stereocenters. The fourth-order valence-electron chi connectivity index (χ4n) is 3.46. The lowest BCUT2D eigenvalue weighted by Gasteiger charge is -2.45. The lowest BCUT2D eigenvalue weighted by molar-refractivity contribution is -0.152. The summed E-state index contributed by atoms with van der Waals surface area (Å²) in [4.78, 5) is 27.4. The van der Waals surface area contributed by atoms with Crippen LogP contribution in [0.2, 0.25) is 0 Å². The second-order valence-electron chi connectivity index (χ2n) is 6.85. The summed E-state index contributed by atoms with van der Waals surface area (Å²) < 4.78 is 0. The van der Waals surface area contributed by atoms with E-state index in [0.717, 1.165) is 19.6 Å². The summed E-state index contributed by atoms with van der Waals surface area (Å²) in [5, 5.41) is 2.69. The van der Waals surface area contributed by atoms with Gasteiger partial charge in [0.2, 0.25) is 0 Å². The lowest BCUT2D eigenvalue weighted by Crippen LogP contribution is -2.66. The van der Waals surface area contributed by atoms with Gasteiger partial charge in [-0.25, -0.2) is 0 Å². The molecular formula is C17H23N3O2. The minimum atomic E-state index is -0.464. The summed E-state index contributed by atoms with van der Waals surface area (Å²) in [6.45, 7) is 8.30. The minimum absolute atomic E-state index is 0.0609. The van der Waals surface area contributed by atoms with Crippen LogP contribution in [0.3, 0.4) is 0 Å². The first-order valence-corrected chi connectivity index (χ1v) is 7.84. The molecule has 0 saturated carbocycles. The summed E-state index contributed by atoms with van der Waals surface area (Å²) in [7, 11) is 0. The van der Waals surface area contributed by atoms with E-state index in [1.165, 1.54) is 5.56 Å². The van der Waals surface area contributed by atoms with Crippen LogP contribution in [0, 0.1) is 0 Å². The normalized spacial score (nSPS) is 23.2. The molecule has 5 nitrogen and oxygen atoms in total. The van der Waals surface area contributed by atoms with Crippen LogP contribution in [0.5, 0.6) is 0 Å². The van der Waals surface area contributed by atoms with Gasteiger partial charge in [-0.15, -0.1) is 0 Å². The molecule has 0 aliphatic carbocycles. The number of rotatable bonds is 3. The zero-order valence-electron chi connectivity index (χ0n) is 13.2. The van der Waals surface area contributed by atoms with Crippen molar-refractivity contribution in [3.8, 4) is 0 Å². The molecular weight excluding hydrogens is 278 g/mol. The van der Waals surface area contributed by atoms with Crippen molar-refractivity contribution in [2.45, 2.75) is 25.3 Å². The highest BCUT2D eigenvalue weighted by Crippen LogP contribution is 2.25. The van der Waals surface area contributed by atoms with E-state index in [1.807, 2.05) is 6.07 Å². The van der Waals surface area contributed by atoms with Crippen molar-refractivity contribution in [3.63, 3.8) is 0 Å². The molecule has 1 aromatic carbocycles. The van der Waals surface area contributed by atoms with Crippen LogP contribution in [-0.2, 0) is 15.0 Å². The van der Waals surface area contributed by atoms with Gasteiger partial charge in [-0.1, -0.05) is 44.2 Å². The van der Waals surface area contributed by atoms with E-state index >= 15 is 0 Å². The van der Waals surface area contributed by atoms with Crippen LogP contribution in [0.4, 0.5) is 0 Å². The van der Waals surface area contributed by atoms with Gasteiger partial charge in [0.05, 0.1) is 6.04 Å². The summed E-state index contributed by atoms with van der Waals surface area (Å²) in [5.74, 6) is -0.840. The summed E-state index contributed by atoms with van der Waals surface area (Å²) in [6, 6.07) is 10.6. The summed E-state index contributed by atoms with van der Waals surface area (Å²) >= 11 is 0. The fourth-order valence-corrected chi connectivity index (χ4v) is 3.46. The van der Waals surface area contributed by atoms with Gasteiger partial charge < -0.3 is 10.2 Å². The first-order valence-electron chi connectivity index (χ1n) is 7.84. The SMILES string of the molecule is CC(C)(CN1CCN2C(=O)C(=O)NC[C@H]2C1)c1ccccc1. The highest BCUT2D eigenvalue weighted by atomic mass is 16.2. The number of fused-ring (bicyclic) bond motifs is 1. The first-order chi connectivity index (χ1) is 10.5. The zero-order chi connectivity index (χ0) is 15.7. The predicted molar refractivity (Wildman–Crippen MR) is 84.4 cm³/mol. The fraction of sp³-hybridized carbons (Fsp3) is 0.529. The molecule has 0 radical (unpaired) electrons. The number of benzene rings is 1. The van der Waals surface area contributed by atoms with Crippen molar-refractivity contribution in [1.82, 2.24) is 15.1 Å². The molecule has 2 heterocycles. The number of carbonyl (C=O) groups excluding carboxylic acids is 2. The van der Waals surface area contributed by atoms with Crippen LogP contribution < -0.4 is 5.32 Å². The number of piperazine rings is 2. The van der Waals surface area contributed by atoms with Crippen molar-refractivity contribution >= 4 is 11.8 Å². The second-order valence-corrected chi connectivity index (χ2v) is 6.85. The predicted octanol–water partition coefficient (Wildman–Crippen LogP) is 0.607. The topological polar surface area (TPSA) is 52.7 Å². The van der Waals surface area contributed by atoms with Crippen LogP contribution in [-0.4, -0.2) is 60.4 Å². The molecule has 2 aliphatic heterocycles. The van der Waals surface area contributed by atoms with Crippen molar-refractivity contribution in [2.75, 3.05) is 32.7 Å². The second kappa shape index (κ2) is 5.72. The van der Waals surface area contributed by atoms with Gasteiger partial charge in [-0.05, 0) is 5.56 Å². The van der Waals surface area contributed by atoms with Crippen LogP contribution >= 0.6 is 0 Å². The summed E-state index contributed by atoms with van der Waals surface area (Å²) in [6.07, 6.45) is 0. The number of amides is 2. The van der Waals surface area contributed by atoms with E-state index in [4.69, 9.17) is 0 Å². The van der Waals surface area contributed by atoms with Crippen LogP contribution in [0.25, 0.3) is 0 Å². The van der Waals surface area contributed by atoms with E-state index in [2.05, 4.69) is 48.3 Å². The Hall–Kier alpha value is -1.88. The Morgan fingerprint density at radius 2 is 1.91 bits per heavy atom. The Labute approximate surface area is 131 Å². The summed E-state index contributed by atoms with van der Waals surface area (Å²) in [5.41, 5.74) is 1.39. The highest BCUT2D eigenvalue weighted by Gasteiger charge is 2.38. The molecule has 2 amide bonds. The van der Waals surface area contributed by atoms with E-state index in [-0.39, 0.29) is 17.4 Å². The molecule has 2 aliphatic rings. The maximum atomic E-state index is 11.9. The molecule has 2 fully saturated rings. The molecule has 1 N–H and O–H groups in total. The van der Waals surface area contributed by atoms with Gasteiger partial charge in [0.15, 0.2) is 0 Å². The number of nitrogens with zero attached hydrogens (tertiary/aromatic N) is 2. The molecule has 22 heavy (non-hydrogen) atoms. The third-order valence-electron chi connectivity index (χ3n) is 4.69. The average Bonchev–Trinajstić information content (AvgIpc) is 2.52. The number of hydrogen-bond acceptors (Lipinski definition) is 3. The van der Waals surface area contributed by atoms with Gasteiger partial charge >= 0.3 is 11.8 Å². The molecule has 3 rings (SSSR count). The number of nitrogens with one attached hydrogen (secondary N) is 1. The largest absolute Gasteiger partial charge is 0.346 e. The van der Waals surface area contributed by atoms with Crippen molar-refractivity contribution in [1.29, 1.82) is 0 Å². The standard InChI is InChI=1S/C17H23N3O2/c1-17(2,13-6-4-3-5-7-13)12-19-8-9-20-14(11-19)10-18-15(21)16(20)22/h3-7,14H,8-12H2,1-2H3,(H,18,21)/t14-/m0/s1. The number of hydrogen-bond donors (Lipinski definition) is 1. The average molecular weight is 301 g/mol. The quantitative estimate of drug-likeness (QED) is 0.832. The van der Waals surface area contributed by atoms with Gasteiger partial charge in [0, 0.05) is 38.1 Å². The van der Waals surface area contributed by atoms with Gasteiger partial charge in [-0.2, -0.15) is 0 Å². The third-order valence-corrected chi connectivity index (χ3v) is 4.69. The molecule has 5 heteroatoms. The molecule has 2 saturated heterocycles. The molecule has 0 bridgehead atoms. The molecule has 0 spiro atoms. The Kier molecular flexibility index (Phi) is 3.91. The minimum Gasteiger partial charge on any atom is -0.346 e.